The van der Waals surface area contributed by atoms with E-state index in [0.717, 1.165) is 18.6 Å². The smallest absolute Gasteiger partial charge is 0.315 e. The van der Waals surface area contributed by atoms with Crippen molar-refractivity contribution in [1.82, 2.24) is 10.6 Å². The van der Waals surface area contributed by atoms with Gasteiger partial charge in [0.1, 0.15) is 5.75 Å². The molecule has 0 spiro atoms. The van der Waals surface area contributed by atoms with E-state index in [1.165, 1.54) is 0 Å². The van der Waals surface area contributed by atoms with Crippen LogP contribution in [0.15, 0.2) is 30.3 Å². The van der Waals surface area contributed by atoms with Gasteiger partial charge in [0.25, 0.3) is 0 Å². The molecule has 1 aromatic carbocycles. The van der Waals surface area contributed by atoms with Gasteiger partial charge in [-0.05, 0) is 31.4 Å². The van der Waals surface area contributed by atoms with Crippen molar-refractivity contribution >= 4 is 15.9 Å². The van der Waals surface area contributed by atoms with E-state index in [1.54, 1.807) is 0 Å². The molecular weight excluding hydrogens is 304 g/mol. The molecule has 22 heavy (non-hydrogen) atoms. The van der Waals surface area contributed by atoms with E-state index < -0.39 is 9.84 Å². The van der Waals surface area contributed by atoms with Crippen LogP contribution in [0.1, 0.15) is 19.3 Å². The van der Waals surface area contributed by atoms with Crippen LogP contribution in [-0.4, -0.2) is 45.1 Å². The maximum absolute atomic E-state index is 11.6. The molecule has 6 nitrogen and oxygen atoms in total. The van der Waals surface area contributed by atoms with Gasteiger partial charge in [-0.15, -0.1) is 0 Å². The Balaban J connectivity index is 1.51. The lowest BCUT2D eigenvalue weighted by atomic mass is 10.3. The van der Waals surface area contributed by atoms with Gasteiger partial charge < -0.3 is 15.4 Å². The average molecular weight is 326 g/mol. The number of sulfone groups is 1. The normalized spacial score (nSPS) is 19.5. The number of carbonyl (C=O) groups is 1. The summed E-state index contributed by atoms with van der Waals surface area (Å²) in [4.78, 5) is 11.6. The Kier molecular flexibility index (Phi) is 6.06. The second-order valence-corrected chi connectivity index (χ2v) is 7.60. The number of urea groups is 1. The van der Waals surface area contributed by atoms with Gasteiger partial charge >= 0.3 is 6.03 Å². The van der Waals surface area contributed by atoms with E-state index in [1.807, 2.05) is 30.3 Å². The Morgan fingerprint density at radius 2 is 2.00 bits per heavy atom. The van der Waals surface area contributed by atoms with Crippen molar-refractivity contribution in [3.63, 3.8) is 0 Å². The number of carbonyl (C=O) groups excluding carboxylic acids is 1. The first-order valence-electron chi connectivity index (χ1n) is 7.48. The summed E-state index contributed by atoms with van der Waals surface area (Å²) in [5.41, 5.74) is 0. The number of amides is 2. The van der Waals surface area contributed by atoms with Gasteiger partial charge in [0.05, 0.1) is 18.1 Å². The molecule has 1 heterocycles. The minimum atomic E-state index is -2.96. The minimum Gasteiger partial charge on any atom is -0.494 e. The molecule has 0 bridgehead atoms. The van der Waals surface area contributed by atoms with Crippen LogP contribution in [0.2, 0.25) is 0 Å². The van der Waals surface area contributed by atoms with Gasteiger partial charge in [0, 0.05) is 12.6 Å². The van der Waals surface area contributed by atoms with Gasteiger partial charge in [-0.25, -0.2) is 13.2 Å². The predicted octanol–water partition coefficient (Wildman–Crippen LogP) is 1.33. The van der Waals surface area contributed by atoms with Gasteiger partial charge in [0.15, 0.2) is 9.84 Å². The van der Waals surface area contributed by atoms with Crippen LogP contribution in [-0.2, 0) is 9.84 Å². The Labute approximate surface area is 131 Å². The minimum absolute atomic E-state index is 0.0470. The van der Waals surface area contributed by atoms with Gasteiger partial charge in [0.2, 0.25) is 0 Å². The third-order valence-corrected chi connectivity index (χ3v) is 5.20. The highest BCUT2D eigenvalue weighted by Crippen LogP contribution is 2.11. The van der Waals surface area contributed by atoms with Crippen molar-refractivity contribution < 1.29 is 17.9 Å². The van der Waals surface area contributed by atoms with Crippen molar-refractivity contribution in [2.45, 2.75) is 25.3 Å². The molecular formula is C15H22N2O4S. The van der Waals surface area contributed by atoms with Crippen molar-refractivity contribution in [3.8, 4) is 5.75 Å². The first-order valence-corrected chi connectivity index (χ1v) is 9.30. The quantitative estimate of drug-likeness (QED) is 0.740. The molecule has 1 fully saturated rings. The first kappa shape index (κ1) is 16.6. The summed E-state index contributed by atoms with van der Waals surface area (Å²) in [6, 6.07) is 9.03. The van der Waals surface area contributed by atoms with Crippen LogP contribution >= 0.6 is 0 Å². The molecule has 2 rings (SSSR count). The molecule has 1 aliphatic heterocycles. The lowest BCUT2D eigenvalue weighted by Crippen LogP contribution is -2.42. The van der Waals surface area contributed by atoms with Crippen molar-refractivity contribution in [1.29, 1.82) is 0 Å². The topological polar surface area (TPSA) is 84.5 Å². The average Bonchev–Trinajstić information content (AvgIpc) is 2.82. The Morgan fingerprint density at radius 3 is 2.68 bits per heavy atom. The summed E-state index contributed by atoms with van der Waals surface area (Å²) >= 11 is 0. The Bertz CT molecular complexity index is 574. The Morgan fingerprint density at radius 1 is 1.23 bits per heavy atom. The molecule has 2 amide bonds. The lowest BCUT2D eigenvalue weighted by molar-refractivity contribution is 0.237. The van der Waals surface area contributed by atoms with Crippen LogP contribution < -0.4 is 15.4 Å². The molecule has 0 aliphatic carbocycles. The molecule has 0 radical (unpaired) electrons. The van der Waals surface area contributed by atoms with E-state index in [4.69, 9.17) is 4.74 Å². The SMILES string of the molecule is O=C(NCCCCOc1ccccc1)N[C@H]1CCS(=O)(=O)C1. The van der Waals surface area contributed by atoms with E-state index in [0.29, 0.717) is 19.6 Å². The second-order valence-electron chi connectivity index (χ2n) is 5.37. The van der Waals surface area contributed by atoms with Crippen molar-refractivity contribution in [2.75, 3.05) is 24.7 Å². The predicted molar refractivity (Wildman–Crippen MR) is 84.8 cm³/mol. The monoisotopic (exact) mass is 326 g/mol. The number of benzene rings is 1. The lowest BCUT2D eigenvalue weighted by Gasteiger charge is -2.12. The van der Waals surface area contributed by atoms with E-state index in [-0.39, 0.29) is 23.6 Å². The third kappa shape index (κ3) is 5.93. The fourth-order valence-electron chi connectivity index (χ4n) is 2.28. The molecule has 122 valence electrons. The van der Waals surface area contributed by atoms with E-state index in [9.17, 15) is 13.2 Å². The van der Waals surface area contributed by atoms with E-state index >= 15 is 0 Å². The van der Waals surface area contributed by atoms with Gasteiger partial charge in [-0.3, -0.25) is 0 Å². The molecule has 7 heteroatoms. The maximum atomic E-state index is 11.6. The molecule has 0 aromatic heterocycles. The summed E-state index contributed by atoms with van der Waals surface area (Å²) < 4.78 is 28.1. The van der Waals surface area contributed by atoms with Gasteiger partial charge in [-0.2, -0.15) is 0 Å². The third-order valence-electron chi connectivity index (χ3n) is 3.44. The molecule has 1 aliphatic rings. The van der Waals surface area contributed by atoms with Crippen LogP contribution in [0.5, 0.6) is 5.75 Å². The fraction of sp³-hybridized carbons (Fsp3) is 0.533. The maximum Gasteiger partial charge on any atom is 0.315 e. The molecule has 1 saturated heterocycles. The highest BCUT2D eigenvalue weighted by atomic mass is 32.2. The Hall–Kier alpha value is -1.76. The molecule has 1 atom stereocenters. The molecule has 0 saturated carbocycles. The summed E-state index contributed by atoms with van der Waals surface area (Å²) in [6.07, 6.45) is 2.15. The van der Waals surface area contributed by atoms with Crippen LogP contribution in [0.4, 0.5) is 4.79 Å². The van der Waals surface area contributed by atoms with Crippen LogP contribution in [0.3, 0.4) is 0 Å². The molecule has 2 N–H and O–H groups in total. The zero-order valence-electron chi connectivity index (χ0n) is 12.5. The number of ether oxygens (including phenoxy) is 1. The van der Waals surface area contributed by atoms with Crippen LogP contribution in [0.25, 0.3) is 0 Å². The number of para-hydroxylation sites is 1. The standard InChI is InChI=1S/C15H22N2O4S/c18-15(17-13-8-11-22(19,20)12-13)16-9-4-5-10-21-14-6-2-1-3-7-14/h1-3,6-7,13H,4-5,8-12H2,(H2,16,17,18)/t13-/m0/s1. The first-order chi connectivity index (χ1) is 10.6. The van der Waals surface area contributed by atoms with Crippen molar-refractivity contribution in [3.05, 3.63) is 30.3 Å². The largest absolute Gasteiger partial charge is 0.494 e. The second kappa shape index (κ2) is 8.03. The highest BCUT2D eigenvalue weighted by molar-refractivity contribution is 7.91. The number of hydrogen-bond donors (Lipinski definition) is 2. The zero-order chi connectivity index (χ0) is 15.8. The number of unbranched alkanes of at least 4 members (excludes halogenated alkanes) is 1. The highest BCUT2D eigenvalue weighted by Gasteiger charge is 2.28. The number of hydrogen-bond acceptors (Lipinski definition) is 4. The molecule has 1 aromatic rings. The molecule has 0 unspecified atom stereocenters. The number of rotatable bonds is 7. The summed E-state index contributed by atoms with van der Waals surface area (Å²) in [5, 5.41) is 5.43. The summed E-state index contributed by atoms with van der Waals surface area (Å²) in [7, 11) is -2.96. The van der Waals surface area contributed by atoms with Crippen LogP contribution in [0, 0.1) is 0 Å². The fourth-order valence-corrected chi connectivity index (χ4v) is 3.95. The summed E-state index contributed by atoms with van der Waals surface area (Å²) in [5.74, 6) is 1.05. The van der Waals surface area contributed by atoms with Crippen molar-refractivity contribution in [2.24, 2.45) is 0 Å². The summed E-state index contributed by atoms with van der Waals surface area (Å²) in [6.45, 7) is 1.15. The van der Waals surface area contributed by atoms with Gasteiger partial charge in [-0.1, -0.05) is 18.2 Å². The number of nitrogens with one attached hydrogen (secondary N) is 2. The van der Waals surface area contributed by atoms with E-state index in [2.05, 4.69) is 10.6 Å². The zero-order valence-corrected chi connectivity index (χ0v) is 13.3.